The summed E-state index contributed by atoms with van der Waals surface area (Å²) in [6.07, 6.45) is 5.26. The van der Waals surface area contributed by atoms with Gasteiger partial charge in [-0.05, 0) is 38.0 Å². The summed E-state index contributed by atoms with van der Waals surface area (Å²) in [7, 11) is 0. The molecule has 100 valence electrons. The number of nitrogens with two attached hydrogens (primary N) is 1. The minimum Gasteiger partial charge on any atom is -0.489 e. The fourth-order valence-corrected chi connectivity index (χ4v) is 2.92. The molecule has 1 saturated carbocycles. The monoisotopic (exact) mass is 255 g/mol. The quantitative estimate of drug-likeness (QED) is 0.893. The van der Waals surface area contributed by atoms with Crippen molar-refractivity contribution in [3.8, 4) is 5.75 Å². The van der Waals surface area contributed by atoms with Crippen LogP contribution >= 0.6 is 0 Å². The third kappa shape index (κ3) is 2.45. The van der Waals surface area contributed by atoms with Gasteiger partial charge in [0.2, 0.25) is 0 Å². The molecule has 2 heteroatoms. The van der Waals surface area contributed by atoms with Crippen LogP contribution in [0.4, 0.5) is 0 Å². The Morgan fingerprint density at radius 2 is 1.84 bits per heavy atom. The van der Waals surface area contributed by atoms with Gasteiger partial charge in [0.25, 0.3) is 0 Å². The predicted molar refractivity (Wildman–Crippen MR) is 79.4 cm³/mol. The van der Waals surface area contributed by atoms with Crippen molar-refractivity contribution in [3.63, 3.8) is 0 Å². The van der Waals surface area contributed by atoms with E-state index in [0.29, 0.717) is 6.10 Å². The normalized spacial score (nSPS) is 17.8. The first-order valence-corrected chi connectivity index (χ1v) is 7.19. The molecule has 1 fully saturated rings. The molecule has 0 saturated heterocycles. The van der Waals surface area contributed by atoms with Gasteiger partial charge >= 0.3 is 0 Å². The average Bonchev–Trinajstić information content (AvgIpc) is 2.92. The van der Waals surface area contributed by atoms with Crippen LogP contribution in [0.5, 0.6) is 5.75 Å². The zero-order chi connectivity index (χ0) is 13.2. The number of benzene rings is 2. The van der Waals surface area contributed by atoms with E-state index in [9.17, 15) is 0 Å². The maximum absolute atomic E-state index is 6.30. The van der Waals surface area contributed by atoms with E-state index in [1.54, 1.807) is 0 Å². The Hall–Kier alpha value is -1.54. The molecule has 0 heterocycles. The second-order valence-electron chi connectivity index (χ2n) is 5.52. The zero-order valence-electron chi connectivity index (χ0n) is 11.4. The van der Waals surface area contributed by atoms with E-state index >= 15 is 0 Å². The predicted octanol–water partition coefficient (Wildman–Crippen LogP) is 4.18. The highest BCUT2D eigenvalue weighted by Gasteiger charge is 2.20. The molecule has 2 N–H and O–H groups in total. The van der Waals surface area contributed by atoms with Crippen LogP contribution in [0, 0.1) is 0 Å². The zero-order valence-corrected chi connectivity index (χ0v) is 11.4. The van der Waals surface area contributed by atoms with Gasteiger partial charge < -0.3 is 10.5 Å². The largest absolute Gasteiger partial charge is 0.489 e. The molecule has 2 aromatic rings. The van der Waals surface area contributed by atoms with Crippen LogP contribution in [0.1, 0.15) is 44.2 Å². The van der Waals surface area contributed by atoms with Crippen LogP contribution in [0.25, 0.3) is 10.8 Å². The molecule has 1 aliphatic carbocycles. The SMILES string of the molecule is C[C@@H](N)c1ccc2ccccc2c1OC1CCCC1. The van der Waals surface area contributed by atoms with Crippen molar-refractivity contribution in [2.45, 2.75) is 44.8 Å². The lowest BCUT2D eigenvalue weighted by Crippen LogP contribution is -2.15. The van der Waals surface area contributed by atoms with Crippen molar-refractivity contribution in [1.82, 2.24) is 0 Å². The third-order valence-electron chi connectivity index (χ3n) is 3.99. The van der Waals surface area contributed by atoms with E-state index in [4.69, 9.17) is 10.5 Å². The highest BCUT2D eigenvalue weighted by Crippen LogP contribution is 2.35. The van der Waals surface area contributed by atoms with Crippen LogP contribution in [-0.4, -0.2) is 6.10 Å². The first-order chi connectivity index (χ1) is 9.25. The smallest absolute Gasteiger partial charge is 0.132 e. The number of hydrogen-bond donors (Lipinski definition) is 1. The molecule has 0 spiro atoms. The van der Waals surface area contributed by atoms with E-state index in [-0.39, 0.29) is 6.04 Å². The van der Waals surface area contributed by atoms with Crippen molar-refractivity contribution >= 4 is 10.8 Å². The molecule has 2 nitrogen and oxygen atoms in total. The minimum atomic E-state index is 0.000934. The lowest BCUT2D eigenvalue weighted by molar-refractivity contribution is 0.210. The Kier molecular flexibility index (Phi) is 3.43. The summed E-state index contributed by atoms with van der Waals surface area (Å²) in [4.78, 5) is 0. The number of ether oxygens (including phenoxy) is 1. The molecule has 0 unspecified atom stereocenters. The average molecular weight is 255 g/mol. The van der Waals surface area contributed by atoms with E-state index in [2.05, 4.69) is 36.4 Å². The molecule has 0 amide bonds. The maximum atomic E-state index is 6.30. The van der Waals surface area contributed by atoms with Crippen molar-refractivity contribution in [2.24, 2.45) is 5.73 Å². The van der Waals surface area contributed by atoms with Gasteiger partial charge in [0, 0.05) is 17.0 Å². The second kappa shape index (κ2) is 5.22. The summed E-state index contributed by atoms with van der Waals surface area (Å²) in [6.45, 7) is 2.02. The molecule has 19 heavy (non-hydrogen) atoms. The van der Waals surface area contributed by atoms with Crippen LogP contribution < -0.4 is 10.5 Å². The summed E-state index contributed by atoms with van der Waals surface area (Å²) in [6, 6.07) is 12.6. The van der Waals surface area contributed by atoms with Gasteiger partial charge in [-0.15, -0.1) is 0 Å². The van der Waals surface area contributed by atoms with Gasteiger partial charge in [0.15, 0.2) is 0 Å². The number of rotatable bonds is 3. The van der Waals surface area contributed by atoms with Crippen LogP contribution in [0.2, 0.25) is 0 Å². The molecule has 0 radical (unpaired) electrons. The summed E-state index contributed by atoms with van der Waals surface area (Å²) in [5.74, 6) is 1.00. The highest BCUT2D eigenvalue weighted by molar-refractivity contribution is 5.89. The Labute approximate surface area is 114 Å². The topological polar surface area (TPSA) is 35.2 Å². The van der Waals surface area contributed by atoms with Crippen LogP contribution in [-0.2, 0) is 0 Å². The fourth-order valence-electron chi connectivity index (χ4n) is 2.92. The van der Waals surface area contributed by atoms with Gasteiger partial charge in [-0.2, -0.15) is 0 Å². The van der Waals surface area contributed by atoms with E-state index in [1.165, 1.54) is 36.5 Å². The summed E-state index contributed by atoms with van der Waals surface area (Å²) in [5, 5.41) is 2.41. The first kappa shape index (κ1) is 12.5. The molecule has 3 rings (SSSR count). The van der Waals surface area contributed by atoms with Crippen molar-refractivity contribution in [2.75, 3.05) is 0 Å². The standard InChI is InChI=1S/C17H21NO/c1-12(18)15-11-10-13-6-2-5-9-16(13)17(15)19-14-7-3-4-8-14/h2,5-6,9-12,14H,3-4,7-8,18H2,1H3/t12-/m1/s1. The molecular formula is C17H21NO. The summed E-state index contributed by atoms with van der Waals surface area (Å²) < 4.78 is 6.30. The molecular weight excluding hydrogens is 234 g/mol. The van der Waals surface area contributed by atoms with Crippen molar-refractivity contribution < 1.29 is 4.74 Å². The molecule has 0 aromatic heterocycles. The molecule has 0 bridgehead atoms. The van der Waals surface area contributed by atoms with Crippen LogP contribution in [0.15, 0.2) is 36.4 Å². The lowest BCUT2D eigenvalue weighted by Gasteiger charge is -2.20. The van der Waals surface area contributed by atoms with Gasteiger partial charge in [-0.25, -0.2) is 0 Å². The highest BCUT2D eigenvalue weighted by atomic mass is 16.5. The van der Waals surface area contributed by atoms with Gasteiger partial charge in [0.05, 0.1) is 6.10 Å². The maximum Gasteiger partial charge on any atom is 0.132 e. The van der Waals surface area contributed by atoms with E-state index < -0.39 is 0 Å². The van der Waals surface area contributed by atoms with Gasteiger partial charge in [-0.3, -0.25) is 0 Å². The Bertz CT molecular complexity index is 570. The molecule has 0 aliphatic heterocycles. The molecule has 1 aliphatic rings. The van der Waals surface area contributed by atoms with Crippen molar-refractivity contribution in [1.29, 1.82) is 0 Å². The van der Waals surface area contributed by atoms with E-state index in [0.717, 1.165) is 11.3 Å². The molecule has 2 aromatic carbocycles. The summed E-state index contributed by atoms with van der Waals surface area (Å²) >= 11 is 0. The van der Waals surface area contributed by atoms with Gasteiger partial charge in [-0.1, -0.05) is 36.4 Å². The third-order valence-corrected chi connectivity index (χ3v) is 3.99. The summed E-state index contributed by atoms with van der Waals surface area (Å²) in [5.41, 5.74) is 7.22. The fraction of sp³-hybridized carbons (Fsp3) is 0.412. The second-order valence-corrected chi connectivity index (χ2v) is 5.52. The Morgan fingerprint density at radius 1 is 1.11 bits per heavy atom. The van der Waals surface area contributed by atoms with E-state index in [1.807, 2.05) is 6.92 Å². The number of hydrogen-bond acceptors (Lipinski definition) is 2. The number of fused-ring (bicyclic) bond motifs is 1. The Balaban J connectivity index is 2.08. The Morgan fingerprint density at radius 3 is 2.58 bits per heavy atom. The minimum absolute atomic E-state index is 0.000934. The van der Waals surface area contributed by atoms with Crippen molar-refractivity contribution in [3.05, 3.63) is 42.0 Å². The van der Waals surface area contributed by atoms with Crippen LogP contribution in [0.3, 0.4) is 0 Å². The van der Waals surface area contributed by atoms with Gasteiger partial charge in [0.1, 0.15) is 5.75 Å². The molecule has 1 atom stereocenters. The lowest BCUT2D eigenvalue weighted by atomic mass is 10.0. The first-order valence-electron chi connectivity index (χ1n) is 7.19.